The molecule has 3 heterocycles. The normalized spacial score (nSPS) is 12.3. The molecule has 0 fully saturated rings. The molecule has 7 rings (SSSR count). The lowest BCUT2D eigenvalue weighted by Gasteiger charge is -2.24. The number of aromatic amines is 3. The van der Waals surface area contributed by atoms with Crippen molar-refractivity contribution in [3.63, 3.8) is 0 Å². The van der Waals surface area contributed by atoms with Crippen molar-refractivity contribution in [2.24, 2.45) is 15.0 Å². The van der Waals surface area contributed by atoms with Crippen LogP contribution in [0.1, 0.15) is 70.8 Å². The molecule has 0 saturated heterocycles. The Hall–Kier alpha value is -5.49. The third-order valence-electron chi connectivity index (χ3n) is 9.55. The minimum atomic E-state index is 0.619. The number of hydrogen-bond acceptors (Lipinski definition) is 3. The van der Waals surface area contributed by atoms with Gasteiger partial charge in [-0.2, -0.15) is 0 Å². The van der Waals surface area contributed by atoms with E-state index in [4.69, 9.17) is 15.0 Å². The molecule has 0 amide bonds. The van der Waals surface area contributed by atoms with Crippen molar-refractivity contribution < 1.29 is 0 Å². The number of aliphatic imine (C=N–C) groups is 3. The lowest BCUT2D eigenvalue weighted by Crippen LogP contribution is -2.12. The molecule has 0 saturated carbocycles. The van der Waals surface area contributed by atoms with Crippen molar-refractivity contribution in [2.75, 3.05) is 0 Å². The predicted octanol–water partition coefficient (Wildman–Crippen LogP) is 9.67. The number of aromatic nitrogens is 3. The molecule has 3 N–H and O–H groups in total. The number of nitrogens with zero attached hydrogens (tertiary/aromatic N) is 3. The minimum absolute atomic E-state index is 0.619. The quantitative estimate of drug-likeness (QED) is 0.112. The highest BCUT2D eigenvalue weighted by molar-refractivity contribution is 6.00. The van der Waals surface area contributed by atoms with Crippen molar-refractivity contribution in [3.05, 3.63) is 141 Å². The minimum Gasteiger partial charge on any atom is -0.361 e. The Kier molecular flexibility index (Phi) is 9.14. The fourth-order valence-electron chi connectivity index (χ4n) is 7.25. The first-order valence-corrected chi connectivity index (χ1v) is 17.0. The van der Waals surface area contributed by atoms with Gasteiger partial charge in [0.15, 0.2) is 0 Å². The first kappa shape index (κ1) is 31.1. The van der Waals surface area contributed by atoms with Crippen molar-refractivity contribution in [2.45, 2.75) is 59.7 Å². The van der Waals surface area contributed by atoms with Gasteiger partial charge in [-0.1, -0.05) is 75.4 Å². The second kappa shape index (κ2) is 14.1. The lowest BCUT2D eigenvalue weighted by atomic mass is 9.83. The van der Waals surface area contributed by atoms with Gasteiger partial charge in [-0.3, -0.25) is 15.0 Å². The van der Waals surface area contributed by atoms with Gasteiger partial charge in [0.05, 0.1) is 19.6 Å². The molecule has 0 aliphatic carbocycles. The fourth-order valence-corrected chi connectivity index (χ4v) is 7.25. The first-order chi connectivity index (χ1) is 23.7. The van der Waals surface area contributed by atoms with Gasteiger partial charge in [0.1, 0.15) is 0 Å². The Morgan fingerprint density at radius 2 is 0.708 bits per heavy atom. The van der Waals surface area contributed by atoms with E-state index < -0.39 is 0 Å². The largest absolute Gasteiger partial charge is 0.361 e. The molecule has 240 valence electrons. The summed E-state index contributed by atoms with van der Waals surface area (Å²) in [4.78, 5) is 25.3. The van der Waals surface area contributed by atoms with E-state index in [1.54, 1.807) is 0 Å². The smallest absolute Gasteiger partial charge is 0.0645 e. The summed E-state index contributed by atoms with van der Waals surface area (Å²) >= 11 is 0. The number of para-hydroxylation sites is 3. The maximum atomic E-state index is 5.07. The molecule has 6 heteroatoms. The molecular formula is C42H42N6. The van der Waals surface area contributed by atoms with E-state index in [-0.39, 0.29) is 0 Å². The highest BCUT2D eigenvalue weighted by atomic mass is 14.8. The van der Waals surface area contributed by atoms with Crippen LogP contribution in [0, 0.1) is 0 Å². The van der Waals surface area contributed by atoms with Crippen LogP contribution in [0.5, 0.6) is 0 Å². The molecule has 4 aromatic carbocycles. The standard InChI is InChI=1S/C42H42N6/c1-4-31-37(25-43-19-28-22-46-40-16-10-7-13-34(28)40)32(5-2)39(27-45-21-30-24-48-42-18-12-9-15-36(30)42)33(6-3)38(31)26-44-20-29-23-47-41-17-11-8-14-35(29)41/h7-24,46-48H,4-6,25-27H2,1-3H3. The Morgan fingerprint density at radius 3 is 1.00 bits per heavy atom. The maximum absolute atomic E-state index is 5.07. The zero-order chi connectivity index (χ0) is 32.9. The second-order valence-electron chi connectivity index (χ2n) is 12.2. The Balaban J connectivity index is 1.28. The van der Waals surface area contributed by atoms with E-state index in [1.165, 1.54) is 49.5 Å². The number of benzene rings is 4. The molecule has 7 aromatic rings. The van der Waals surface area contributed by atoms with Crippen molar-refractivity contribution in [1.82, 2.24) is 15.0 Å². The molecule has 0 radical (unpaired) electrons. The van der Waals surface area contributed by atoms with Gasteiger partial charge in [-0.15, -0.1) is 0 Å². The summed E-state index contributed by atoms with van der Waals surface area (Å²) in [5, 5.41) is 3.57. The monoisotopic (exact) mass is 630 g/mol. The zero-order valence-corrected chi connectivity index (χ0v) is 28.0. The SMILES string of the molecule is CCc1c(CN=Cc2c[nH]c3ccccc23)c(CC)c(CN=Cc2c[nH]c3ccccc23)c(CC)c1CN=Cc1c[nH]c2ccccc12. The number of H-pyrrole nitrogens is 3. The van der Waals surface area contributed by atoms with Gasteiger partial charge >= 0.3 is 0 Å². The average Bonchev–Trinajstić information content (AvgIpc) is 3.86. The van der Waals surface area contributed by atoms with Crippen LogP contribution in [-0.2, 0) is 38.9 Å². The summed E-state index contributed by atoms with van der Waals surface area (Å²) in [5.41, 5.74) is 14.8. The zero-order valence-electron chi connectivity index (χ0n) is 28.0. The molecule has 6 nitrogen and oxygen atoms in total. The van der Waals surface area contributed by atoms with E-state index in [1.807, 2.05) is 37.2 Å². The van der Waals surface area contributed by atoms with E-state index in [0.717, 1.165) is 52.5 Å². The van der Waals surface area contributed by atoms with Gasteiger partial charge in [-0.05, 0) is 70.8 Å². The van der Waals surface area contributed by atoms with E-state index in [2.05, 4.69) is 109 Å². The van der Waals surface area contributed by atoms with E-state index >= 15 is 0 Å². The second-order valence-corrected chi connectivity index (χ2v) is 12.2. The Labute approximate surface area is 281 Å². The molecule has 0 spiro atoms. The molecule has 48 heavy (non-hydrogen) atoms. The van der Waals surface area contributed by atoms with Gasteiger partial charge in [0, 0.05) is 86.6 Å². The van der Waals surface area contributed by atoms with Crippen LogP contribution in [0.25, 0.3) is 32.7 Å². The topological polar surface area (TPSA) is 84.4 Å². The van der Waals surface area contributed by atoms with Gasteiger partial charge in [0.25, 0.3) is 0 Å². The number of rotatable bonds is 12. The van der Waals surface area contributed by atoms with Crippen molar-refractivity contribution in [3.8, 4) is 0 Å². The van der Waals surface area contributed by atoms with Crippen LogP contribution in [0.3, 0.4) is 0 Å². The summed E-state index contributed by atoms with van der Waals surface area (Å²) in [6, 6.07) is 25.1. The van der Waals surface area contributed by atoms with E-state index in [9.17, 15) is 0 Å². The van der Waals surface area contributed by atoms with Gasteiger partial charge < -0.3 is 15.0 Å². The van der Waals surface area contributed by atoms with Crippen LogP contribution in [0.4, 0.5) is 0 Å². The molecule has 0 unspecified atom stereocenters. The average molecular weight is 631 g/mol. The fraction of sp³-hybridized carbons (Fsp3) is 0.214. The number of nitrogens with one attached hydrogen (secondary N) is 3. The first-order valence-electron chi connectivity index (χ1n) is 17.0. The van der Waals surface area contributed by atoms with Crippen LogP contribution in [-0.4, -0.2) is 33.6 Å². The maximum Gasteiger partial charge on any atom is 0.0645 e. The highest BCUT2D eigenvalue weighted by Crippen LogP contribution is 2.33. The molecule has 3 aromatic heterocycles. The molecular weight excluding hydrogens is 589 g/mol. The van der Waals surface area contributed by atoms with Gasteiger partial charge in [-0.25, -0.2) is 0 Å². The summed E-state index contributed by atoms with van der Waals surface area (Å²) in [6.45, 7) is 8.66. The summed E-state index contributed by atoms with van der Waals surface area (Å²) in [7, 11) is 0. The Morgan fingerprint density at radius 1 is 0.417 bits per heavy atom. The van der Waals surface area contributed by atoms with Crippen molar-refractivity contribution >= 4 is 51.4 Å². The summed E-state index contributed by atoms with van der Waals surface area (Å²) in [6.07, 6.45) is 15.0. The molecule has 0 aliphatic heterocycles. The molecule has 0 bridgehead atoms. The third-order valence-corrected chi connectivity index (χ3v) is 9.55. The number of hydrogen-bond donors (Lipinski definition) is 3. The lowest BCUT2D eigenvalue weighted by molar-refractivity contribution is 0.856. The van der Waals surface area contributed by atoms with Crippen LogP contribution < -0.4 is 0 Å². The predicted molar refractivity (Wildman–Crippen MR) is 203 cm³/mol. The Bertz CT molecular complexity index is 2010. The third kappa shape index (κ3) is 6.02. The molecule has 0 aliphatic rings. The van der Waals surface area contributed by atoms with Crippen LogP contribution in [0.2, 0.25) is 0 Å². The number of fused-ring (bicyclic) bond motifs is 3. The van der Waals surface area contributed by atoms with Crippen LogP contribution >= 0.6 is 0 Å². The van der Waals surface area contributed by atoms with Gasteiger partial charge in [0.2, 0.25) is 0 Å². The summed E-state index contributed by atoms with van der Waals surface area (Å²) < 4.78 is 0. The summed E-state index contributed by atoms with van der Waals surface area (Å²) in [5.74, 6) is 0. The van der Waals surface area contributed by atoms with Crippen molar-refractivity contribution in [1.29, 1.82) is 0 Å². The molecule has 0 atom stereocenters. The van der Waals surface area contributed by atoms with Crippen LogP contribution in [0.15, 0.2) is 106 Å². The van der Waals surface area contributed by atoms with E-state index in [0.29, 0.717) is 19.6 Å². The highest BCUT2D eigenvalue weighted by Gasteiger charge is 2.21.